The molecular weight excluding hydrogens is 417 g/mol. The van der Waals surface area contributed by atoms with Crippen LogP contribution in [0.5, 0.6) is 0 Å². The highest BCUT2D eigenvalue weighted by Crippen LogP contribution is 2.29. The molecule has 0 unspecified atom stereocenters. The Bertz CT molecular complexity index is 1200. The van der Waals surface area contributed by atoms with Gasteiger partial charge in [-0.15, -0.1) is 0 Å². The van der Waals surface area contributed by atoms with Crippen molar-refractivity contribution in [3.8, 4) is 5.69 Å². The Morgan fingerprint density at radius 1 is 0.938 bits per heavy atom. The van der Waals surface area contributed by atoms with Crippen LogP contribution >= 0.6 is 0 Å². The molecule has 32 heavy (non-hydrogen) atoms. The minimum absolute atomic E-state index is 0.00385. The van der Waals surface area contributed by atoms with E-state index in [0.717, 1.165) is 23.5 Å². The van der Waals surface area contributed by atoms with Crippen molar-refractivity contribution in [1.82, 2.24) is 14.9 Å². The molecule has 1 heterocycles. The van der Waals surface area contributed by atoms with Gasteiger partial charge < -0.3 is 15.2 Å². The molecule has 0 saturated carbocycles. The summed E-state index contributed by atoms with van der Waals surface area (Å²) in [4.78, 5) is 16.5. The molecule has 8 heteroatoms. The van der Waals surface area contributed by atoms with Crippen LogP contribution in [0.3, 0.4) is 0 Å². The van der Waals surface area contributed by atoms with Gasteiger partial charge in [-0.25, -0.2) is 4.98 Å². The number of benzene rings is 3. The van der Waals surface area contributed by atoms with E-state index in [2.05, 4.69) is 15.6 Å². The summed E-state index contributed by atoms with van der Waals surface area (Å²) in [5.41, 5.74) is 2.56. The van der Waals surface area contributed by atoms with Crippen LogP contribution in [0.4, 0.5) is 24.5 Å². The molecule has 0 spiro atoms. The Morgan fingerprint density at radius 3 is 2.44 bits per heavy atom. The van der Waals surface area contributed by atoms with Crippen molar-refractivity contribution in [3.05, 3.63) is 108 Å². The molecule has 3 aromatic carbocycles. The lowest BCUT2D eigenvalue weighted by atomic mass is 10.1. The number of anilines is 2. The van der Waals surface area contributed by atoms with Gasteiger partial charge in [0.1, 0.15) is 0 Å². The summed E-state index contributed by atoms with van der Waals surface area (Å²) in [5, 5.41) is 5.91. The van der Waals surface area contributed by atoms with E-state index in [1.807, 2.05) is 41.1 Å². The van der Waals surface area contributed by atoms with Crippen LogP contribution in [0.2, 0.25) is 0 Å². The number of rotatable bonds is 6. The molecule has 0 fully saturated rings. The minimum atomic E-state index is -4.42. The number of amides is 1. The molecule has 4 rings (SSSR count). The fraction of sp³-hybridized carbons (Fsp3) is 0.0833. The molecule has 0 aliphatic carbocycles. The molecule has 0 aliphatic heterocycles. The smallest absolute Gasteiger partial charge is 0.356 e. The van der Waals surface area contributed by atoms with E-state index in [1.54, 1.807) is 36.8 Å². The summed E-state index contributed by atoms with van der Waals surface area (Å²) in [5.74, 6) is -0.374. The molecule has 1 aromatic heterocycles. The average molecular weight is 436 g/mol. The number of hydrogen-bond acceptors (Lipinski definition) is 3. The van der Waals surface area contributed by atoms with Gasteiger partial charge in [-0.05, 0) is 60.2 Å². The maximum Gasteiger partial charge on any atom is 0.416 e. The number of nitrogens with one attached hydrogen (secondary N) is 2. The molecule has 1 amide bonds. The Hall–Kier alpha value is -4.07. The summed E-state index contributed by atoms with van der Waals surface area (Å²) in [7, 11) is 0. The first-order chi connectivity index (χ1) is 15.4. The van der Waals surface area contributed by atoms with Gasteiger partial charge in [0.05, 0.1) is 11.9 Å². The number of halogens is 3. The second kappa shape index (κ2) is 8.97. The van der Waals surface area contributed by atoms with Gasteiger partial charge in [-0.1, -0.05) is 18.2 Å². The van der Waals surface area contributed by atoms with E-state index >= 15 is 0 Å². The molecule has 0 radical (unpaired) electrons. The predicted octanol–water partition coefficient (Wildman–Crippen LogP) is 5.56. The molecule has 0 atom stereocenters. The maximum absolute atomic E-state index is 12.9. The normalized spacial score (nSPS) is 11.2. The van der Waals surface area contributed by atoms with Gasteiger partial charge >= 0.3 is 6.18 Å². The van der Waals surface area contributed by atoms with Crippen LogP contribution in [0.25, 0.3) is 5.69 Å². The average Bonchev–Trinajstić information content (AvgIpc) is 3.33. The molecule has 2 N–H and O–H groups in total. The largest absolute Gasteiger partial charge is 0.416 e. The Balaban J connectivity index is 1.40. The number of aromatic nitrogens is 2. The zero-order valence-electron chi connectivity index (χ0n) is 16.8. The summed E-state index contributed by atoms with van der Waals surface area (Å²) >= 11 is 0. The third-order valence-electron chi connectivity index (χ3n) is 4.79. The molecule has 0 saturated heterocycles. The summed E-state index contributed by atoms with van der Waals surface area (Å²) in [6.45, 7) is -0.00385. The summed E-state index contributed by atoms with van der Waals surface area (Å²) < 4.78 is 40.4. The third kappa shape index (κ3) is 5.15. The second-order valence-corrected chi connectivity index (χ2v) is 7.10. The van der Waals surface area contributed by atoms with Crippen LogP contribution in [0.1, 0.15) is 21.5 Å². The minimum Gasteiger partial charge on any atom is -0.356 e. The van der Waals surface area contributed by atoms with E-state index in [-0.39, 0.29) is 12.5 Å². The molecule has 4 aromatic rings. The van der Waals surface area contributed by atoms with Crippen molar-refractivity contribution in [1.29, 1.82) is 0 Å². The van der Waals surface area contributed by atoms with Crippen molar-refractivity contribution in [3.63, 3.8) is 0 Å². The van der Waals surface area contributed by atoms with E-state index < -0.39 is 11.7 Å². The first-order valence-corrected chi connectivity index (χ1v) is 9.78. The van der Waals surface area contributed by atoms with Gasteiger partial charge in [0, 0.05) is 41.6 Å². The van der Waals surface area contributed by atoms with Crippen molar-refractivity contribution in [2.24, 2.45) is 0 Å². The standard InChI is InChI=1S/C24H19F3N4O/c25-24(26,27)19-5-1-3-17(13-19)15-29-23(32)18-4-2-6-21(14-18)30-20-7-9-22(10-8-20)31-12-11-28-16-31/h1-14,16,30H,15H2,(H,29,32). The van der Waals surface area contributed by atoms with Crippen molar-refractivity contribution in [2.45, 2.75) is 12.7 Å². The van der Waals surface area contributed by atoms with E-state index in [1.165, 1.54) is 6.07 Å². The lowest BCUT2D eigenvalue weighted by Gasteiger charge is -2.11. The van der Waals surface area contributed by atoms with E-state index in [9.17, 15) is 18.0 Å². The van der Waals surface area contributed by atoms with Gasteiger partial charge in [0.2, 0.25) is 0 Å². The SMILES string of the molecule is O=C(NCc1cccc(C(F)(F)F)c1)c1cccc(Nc2ccc(-n3ccnc3)cc2)c1. The molecule has 0 aliphatic rings. The van der Waals surface area contributed by atoms with Gasteiger partial charge in [-0.3, -0.25) is 4.79 Å². The highest BCUT2D eigenvalue weighted by atomic mass is 19.4. The number of alkyl halides is 3. The Kier molecular flexibility index (Phi) is 5.93. The summed E-state index contributed by atoms with van der Waals surface area (Å²) in [6.07, 6.45) is 0.848. The van der Waals surface area contributed by atoms with Crippen LogP contribution in [-0.2, 0) is 12.7 Å². The Labute approximate surface area is 182 Å². The van der Waals surface area contributed by atoms with Crippen LogP contribution in [0.15, 0.2) is 91.5 Å². The number of imidazole rings is 1. The van der Waals surface area contributed by atoms with Gasteiger partial charge in [0.25, 0.3) is 5.91 Å². The highest BCUT2D eigenvalue weighted by Gasteiger charge is 2.30. The number of carbonyl (C=O) groups excluding carboxylic acids is 1. The Morgan fingerprint density at radius 2 is 1.72 bits per heavy atom. The quantitative estimate of drug-likeness (QED) is 0.416. The monoisotopic (exact) mass is 436 g/mol. The molecule has 0 bridgehead atoms. The maximum atomic E-state index is 12.9. The topological polar surface area (TPSA) is 59.0 Å². The number of carbonyl (C=O) groups is 1. The van der Waals surface area contributed by atoms with Crippen molar-refractivity contribution in [2.75, 3.05) is 5.32 Å². The molecular formula is C24H19F3N4O. The third-order valence-corrected chi connectivity index (χ3v) is 4.79. The van der Waals surface area contributed by atoms with Crippen LogP contribution in [0, 0.1) is 0 Å². The van der Waals surface area contributed by atoms with Crippen LogP contribution < -0.4 is 10.6 Å². The van der Waals surface area contributed by atoms with E-state index in [4.69, 9.17) is 0 Å². The first kappa shape index (κ1) is 21.2. The predicted molar refractivity (Wildman–Crippen MR) is 116 cm³/mol. The zero-order valence-corrected chi connectivity index (χ0v) is 16.8. The van der Waals surface area contributed by atoms with Crippen molar-refractivity contribution < 1.29 is 18.0 Å². The second-order valence-electron chi connectivity index (χ2n) is 7.10. The number of nitrogens with zero attached hydrogens (tertiary/aromatic N) is 2. The zero-order chi connectivity index (χ0) is 22.6. The fourth-order valence-corrected chi connectivity index (χ4v) is 3.18. The van der Waals surface area contributed by atoms with E-state index in [0.29, 0.717) is 16.8 Å². The lowest BCUT2D eigenvalue weighted by Crippen LogP contribution is -2.23. The highest BCUT2D eigenvalue weighted by molar-refractivity contribution is 5.95. The molecule has 5 nitrogen and oxygen atoms in total. The lowest BCUT2D eigenvalue weighted by molar-refractivity contribution is -0.137. The van der Waals surface area contributed by atoms with Crippen LogP contribution in [-0.4, -0.2) is 15.5 Å². The number of hydrogen-bond donors (Lipinski definition) is 2. The summed E-state index contributed by atoms with van der Waals surface area (Å²) in [6, 6.07) is 19.5. The van der Waals surface area contributed by atoms with Gasteiger partial charge in [0.15, 0.2) is 0 Å². The van der Waals surface area contributed by atoms with Gasteiger partial charge in [-0.2, -0.15) is 13.2 Å². The molecule has 162 valence electrons. The first-order valence-electron chi connectivity index (χ1n) is 9.78. The fourth-order valence-electron chi connectivity index (χ4n) is 3.18. The van der Waals surface area contributed by atoms with Crippen molar-refractivity contribution >= 4 is 17.3 Å².